The van der Waals surface area contributed by atoms with Crippen LogP contribution >= 0.6 is 0 Å². The lowest BCUT2D eigenvalue weighted by atomic mass is 10.1. The first-order valence-corrected chi connectivity index (χ1v) is 9.70. The Morgan fingerprint density at radius 1 is 1.17 bits per heavy atom. The Hall–Kier alpha value is -1.40. The first-order valence-electron chi connectivity index (χ1n) is 8.16. The summed E-state index contributed by atoms with van der Waals surface area (Å²) in [6.45, 7) is 7.18. The van der Waals surface area contributed by atoms with Crippen LogP contribution in [0, 0.1) is 0 Å². The maximum Gasteiger partial charge on any atom is 0.216 e. The van der Waals surface area contributed by atoms with Gasteiger partial charge in [-0.2, -0.15) is 0 Å². The van der Waals surface area contributed by atoms with Gasteiger partial charge in [-0.1, -0.05) is 25.5 Å². The molecule has 0 radical (unpaired) electrons. The molecule has 1 aromatic rings. The van der Waals surface area contributed by atoms with Crippen LogP contribution in [0.1, 0.15) is 39.2 Å². The van der Waals surface area contributed by atoms with E-state index >= 15 is 0 Å². The van der Waals surface area contributed by atoms with Gasteiger partial charge in [-0.3, -0.25) is 4.79 Å². The second kappa shape index (κ2) is 9.67. The average molecular weight is 340 g/mol. The average Bonchev–Trinajstić information content (AvgIpc) is 2.51. The highest BCUT2D eigenvalue weighted by Crippen LogP contribution is 2.16. The minimum Gasteiger partial charge on any atom is -0.356 e. The molecular formula is C17H28N2O3S. The molecule has 130 valence electrons. The van der Waals surface area contributed by atoms with E-state index in [-0.39, 0.29) is 5.91 Å². The van der Waals surface area contributed by atoms with Crippen molar-refractivity contribution in [3.63, 3.8) is 0 Å². The number of carbonyl (C=O) groups is 1. The smallest absolute Gasteiger partial charge is 0.216 e. The Labute approximate surface area is 139 Å². The van der Waals surface area contributed by atoms with Gasteiger partial charge in [0, 0.05) is 20.0 Å². The molecule has 0 aliphatic rings. The Kier molecular flexibility index (Phi) is 8.26. The summed E-state index contributed by atoms with van der Waals surface area (Å²) in [5.74, 6) is -0.0615. The summed E-state index contributed by atoms with van der Waals surface area (Å²) in [5, 5.41) is 5.46. The molecule has 1 amide bonds. The third-order valence-electron chi connectivity index (χ3n) is 3.71. The molecule has 1 unspecified atom stereocenters. The molecule has 0 aromatic heterocycles. The van der Waals surface area contributed by atoms with Crippen molar-refractivity contribution in [2.45, 2.75) is 50.2 Å². The number of hydrogen-bond donors (Lipinski definition) is 2. The lowest BCUT2D eigenvalue weighted by Gasteiger charge is -2.14. The van der Waals surface area contributed by atoms with Crippen molar-refractivity contribution in [2.75, 3.05) is 19.6 Å². The molecule has 5 nitrogen and oxygen atoms in total. The highest BCUT2D eigenvalue weighted by Gasteiger charge is 2.22. The van der Waals surface area contributed by atoms with Gasteiger partial charge < -0.3 is 10.6 Å². The molecule has 0 saturated heterocycles. The van der Waals surface area contributed by atoms with E-state index in [0.717, 1.165) is 24.9 Å². The molecule has 6 heteroatoms. The van der Waals surface area contributed by atoms with Gasteiger partial charge in [0.05, 0.1) is 10.1 Å². The molecule has 0 aliphatic carbocycles. The zero-order valence-electron chi connectivity index (χ0n) is 14.3. The molecule has 0 fully saturated rings. The van der Waals surface area contributed by atoms with Gasteiger partial charge in [0.25, 0.3) is 0 Å². The van der Waals surface area contributed by atoms with Gasteiger partial charge >= 0.3 is 0 Å². The number of carbonyl (C=O) groups excluding carboxylic acids is 1. The summed E-state index contributed by atoms with van der Waals surface area (Å²) in [4.78, 5) is 11.2. The minimum atomic E-state index is -3.31. The third kappa shape index (κ3) is 6.71. The number of amides is 1. The van der Waals surface area contributed by atoms with Crippen LogP contribution in [0.15, 0.2) is 29.2 Å². The Morgan fingerprint density at radius 2 is 1.83 bits per heavy atom. The predicted molar refractivity (Wildman–Crippen MR) is 93.3 cm³/mol. The van der Waals surface area contributed by atoms with Crippen LogP contribution < -0.4 is 10.6 Å². The van der Waals surface area contributed by atoms with Crippen LogP contribution in [0.3, 0.4) is 0 Å². The van der Waals surface area contributed by atoms with Gasteiger partial charge in [-0.15, -0.1) is 0 Å². The van der Waals surface area contributed by atoms with E-state index in [2.05, 4.69) is 17.6 Å². The zero-order chi connectivity index (χ0) is 17.3. The van der Waals surface area contributed by atoms with Gasteiger partial charge in [-0.25, -0.2) is 8.42 Å². The summed E-state index contributed by atoms with van der Waals surface area (Å²) >= 11 is 0. The Morgan fingerprint density at radius 3 is 2.39 bits per heavy atom. The first kappa shape index (κ1) is 19.6. The molecule has 0 saturated carbocycles. The lowest BCUT2D eigenvalue weighted by molar-refractivity contribution is -0.118. The van der Waals surface area contributed by atoms with E-state index in [1.54, 1.807) is 19.1 Å². The number of sulfone groups is 1. The fraction of sp³-hybridized carbons (Fsp3) is 0.588. The van der Waals surface area contributed by atoms with Crippen LogP contribution in [0.25, 0.3) is 0 Å². The highest BCUT2D eigenvalue weighted by molar-refractivity contribution is 7.92. The summed E-state index contributed by atoms with van der Waals surface area (Å²) in [6, 6.07) is 6.93. The Balaban J connectivity index is 2.60. The van der Waals surface area contributed by atoms with E-state index in [4.69, 9.17) is 0 Å². The van der Waals surface area contributed by atoms with Crippen LogP contribution in [0.5, 0.6) is 0 Å². The molecule has 1 atom stereocenters. The van der Waals surface area contributed by atoms with Crippen molar-refractivity contribution in [1.29, 1.82) is 0 Å². The first-order chi connectivity index (χ1) is 10.9. The molecule has 0 spiro atoms. The molecule has 1 aromatic carbocycles. The Bertz CT molecular complexity index is 582. The van der Waals surface area contributed by atoms with Crippen LogP contribution in [-0.2, 0) is 21.1 Å². The van der Waals surface area contributed by atoms with Gasteiger partial charge in [-0.05, 0) is 44.0 Å². The van der Waals surface area contributed by atoms with Crippen molar-refractivity contribution in [1.82, 2.24) is 10.6 Å². The van der Waals surface area contributed by atoms with Gasteiger partial charge in [0.2, 0.25) is 5.91 Å². The molecule has 0 aliphatic heterocycles. The summed E-state index contributed by atoms with van der Waals surface area (Å²) in [6.07, 6.45) is 2.83. The topological polar surface area (TPSA) is 75.3 Å². The van der Waals surface area contributed by atoms with Crippen molar-refractivity contribution in [3.05, 3.63) is 29.8 Å². The standard InChI is InChI=1S/C17H28N2O3S/c1-4-5-11-18-13-14(2)23(21,22)17-8-6-16(7-9-17)10-12-19-15(3)20/h6-9,14,18H,4-5,10-13H2,1-3H3,(H,19,20). The quantitative estimate of drug-likeness (QED) is 0.638. The zero-order valence-corrected chi connectivity index (χ0v) is 15.1. The summed E-state index contributed by atoms with van der Waals surface area (Å²) in [7, 11) is -3.31. The largest absolute Gasteiger partial charge is 0.356 e. The molecule has 0 heterocycles. The fourth-order valence-electron chi connectivity index (χ4n) is 2.18. The van der Waals surface area contributed by atoms with Crippen LogP contribution in [0.2, 0.25) is 0 Å². The minimum absolute atomic E-state index is 0.0615. The van der Waals surface area contributed by atoms with Gasteiger partial charge in [0.15, 0.2) is 9.84 Å². The van der Waals surface area contributed by atoms with Crippen molar-refractivity contribution < 1.29 is 13.2 Å². The van der Waals surface area contributed by atoms with Crippen molar-refractivity contribution >= 4 is 15.7 Å². The molecule has 2 N–H and O–H groups in total. The van der Waals surface area contributed by atoms with E-state index < -0.39 is 15.1 Å². The fourth-order valence-corrected chi connectivity index (χ4v) is 3.50. The second-order valence-corrected chi connectivity index (χ2v) is 8.16. The van der Waals surface area contributed by atoms with Crippen molar-refractivity contribution in [2.24, 2.45) is 0 Å². The van der Waals surface area contributed by atoms with Crippen LogP contribution in [0.4, 0.5) is 0 Å². The van der Waals surface area contributed by atoms with Crippen molar-refractivity contribution in [3.8, 4) is 0 Å². The monoisotopic (exact) mass is 340 g/mol. The molecular weight excluding hydrogens is 312 g/mol. The summed E-state index contributed by atoms with van der Waals surface area (Å²) in [5.41, 5.74) is 1.01. The van der Waals surface area contributed by atoms with E-state index in [1.807, 2.05) is 12.1 Å². The number of hydrogen-bond acceptors (Lipinski definition) is 4. The maximum atomic E-state index is 12.5. The molecule has 0 bridgehead atoms. The molecule has 23 heavy (non-hydrogen) atoms. The highest BCUT2D eigenvalue weighted by atomic mass is 32.2. The SMILES string of the molecule is CCCCNCC(C)S(=O)(=O)c1ccc(CCNC(C)=O)cc1. The summed E-state index contributed by atoms with van der Waals surface area (Å²) < 4.78 is 25.0. The van der Waals surface area contributed by atoms with Gasteiger partial charge in [0.1, 0.15) is 0 Å². The van der Waals surface area contributed by atoms with E-state index in [0.29, 0.717) is 24.4 Å². The number of rotatable bonds is 10. The van der Waals surface area contributed by atoms with Crippen LogP contribution in [-0.4, -0.2) is 39.2 Å². The second-order valence-electron chi connectivity index (χ2n) is 5.79. The number of benzene rings is 1. The van der Waals surface area contributed by atoms with E-state index in [1.165, 1.54) is 6.92 Å². The predicted octanol–water partition coefficient (Wildman–Crippen LogP) is 1.92. The molecule has 1 rings (SSSR count). The number of unbranched alkanes of at least 4 members (excludes halogenated alkanes) is 1. The number of nitrogens with one attached hydrogen (secondary N) is 2. The van der Waals surface area contributed by atoms with E-state index in [9.17, 15) is 13.2 Å². The third-order valence-corrected chi connectivity index (χ3v) is 5.86. The maximum absolute atomic E-state index is 12.5. The normalized spacial score (nSPS) is 12.8. The lowest BCUT2D eigenvalue weighted by Crippen LogP contribution is -2.31.